The van der Waals surface area contributed by atoms with Crippen LogP contribution in [0.4, 0.5) is 0 Å². The summed E-state index contributed by atoms with van der Waals surface area (Å²) in [5, 5.41) is 9.36. The van der Waals surface area contributed by atoms with E-state index in [0.717, 1.165) is 127 Å². The van der Waals surface area contributed by atoms with Gasteiger partial charge in [-0.1, -0.05) is 339 Å². The predicted octanol–water partition coefficient (Wildman–Crippen LogP) is 27.9. The third-order valence-electron chi connectivity index (χ3n) is 25.6. The first-order valence-corrected chi connectivity index (χ1v) is 45.3. The van der Waals surface area contributed by atoms with Crippen LogP contribution in [0, 0.1) is 0 Å². The van der Waals surface area contributed by atoms with E-state index in [4.69, 9.17) is 15.0 Å². The molecule has 0 saturated carbocycles. The standard InChI is InChI=1S/C59H36N4S.C56H36NOPS/c1-2-14-39(15-3-1)58-46-35-44-42-16-4-5-17-47(42)59(48-18-6-8-22-56(48)64-57-23-9-7-19-49(57)59)50(44)36-43(46)45-32-40(28-29-51(45)63-58)37-24-26-38(27-25-37)41-33-54(52-20-10-12-30-60-52)62-55(34-41)53-21-11-13-31-61-53;58-59(40-18-6-2-7-19-40,41-20-8-3-9-21-41)42-31-28-37(29-32-42)39-30-33-52-46(34-39)44-36-51-45(35-47(44)55(57-52)38-16-4-1-5-17-38)43-22-10-11-23-48(43)56(51)49-24-12-14-26-53(49)60-54-27-15-13-25-50(54)56/h1-36H;1-36H. The highest BCUT2D eigenvalue weighted by molar-refractivity contribution is 7.99. The van der Waals surface area contributed by atoms with Gasteiger partial charge in [0.25, 0.3) is 0 Å². The van der Waals surface area contributed by atoms with E-state index >= 15 is 4.57 Å². The molecule has 0 radical (unpaired) electrons. The van der Waals surface area contributed by atoms with Gasteiger partial charge in [-0.15, -0.1) is 0 Å². The Bertz CT molecular complexity index is 7740. The van der Waals surface area contributed by atoms with E-state index in [9.17, 15) is 0 Å². The fraction of sp³-hybridized carbons (Fsp3) is 0.0174. The molecule has 580 valence electrons. The van der Waals surface area contributed by atoms with Crippen LogP contribution in [0.1, 0.15) is 44.5 Å². The summed E-state index contributed by atoms with van der Waals surface area (Å²) in [5.74, 6) is 0. The fourth-order valence-electron chi connectivity index (χ4n) is 20.1. The van der Waals surface area contributed by atoms with Gasteiger partial charge in [0.15, 0.2) is 7.14 Å². The highest BCUT2D eigenvalue weighted by Gasteiger charge is 2.52. The number of aromatic nitrogens is 5. The van der Waals surface area contributed by atoms with Crippen LogP contribution in [0.3, 0.4) is 0 Å². The van der Waals surface area contributed by atoms with Crippen LogP contribution in [0.15, 0.2) is 457 Å². The van der Waals surface area contributed by atoms with Gasteiger partial charge >= 0.3 is 0 Å². The van der Waals surface area contributed by atoms with Crippen molar-refractivity contribution in [1.29, 1.82) is 0 Å². The highest BCUT2D eigenvalue weighted by Crippen LogP contribution is 2.65. The van der Waals surface area contributed by atoms with Crippen molar-refractivity contribution in [3.63, 3.8) is 0 Å². The molecular weight excluding hydrogens is 1560 g/mol. The number of hydrogen-bond donors (Lipinski definition) is 0. The van der Waals surface area contributed by atoms with Crippen LogP contribution in [-0.2, 0) is 15.4 Å². The van der Waals surface area contributed by atoms with Crippen LogP contribution in [0.2, 0.25) is 0 Å². The number of nitrogens with zero attached hydrogens (tertiary/aromatic N) is 5. The first kappa shape index (κ1) is 73.2. The van der Waals surface area contributed by atoms with Crippen LogP contribution in [0.25, 0.3) is 144 Å². The molecular formula is C115H72N5OPS2. The van der Waals surface area contributed by atoms with Gasteiger partial charge < -0.3 is 4.57 Å². The number of rotatable bonds is 10. The maximum absolute atomic E-state index is 15.2. The molecule has 21 aromatic rings. The summed E-state index contributed by atoms with van der Waals surface area (Å²) >= 11 is 3.75. The van der Waals surface area contributed by atoms with E-state index in [0.29, 0.717) is 0 Å². The van der Waals surface area contributed by atoms with Gasteiger partial charge in [-0.05, 0) is 220 Å². The van der Waals surface area contributed by atoms with Crippen molar-refractivity contribution in [2.24, 2.45) is 0 Å². The summed E-state index contributed by atoms with van der Waals surface area (Å²) in [6.45, 7) is 0. The molecule has 6 nitrogen and oxygen atoms in total. The molecule has 124 heavy (non-hydrogen) atoms. The normalized spacial score (nSPS) is 13.3. The van der Waals surface area contributed by atoms with Gasteiger partial charge in [-0.2, -0.15) is 0 Å². The van der Waals surface area contributed by atoms with E-state index in [-0.39, 0.29) is 0 Å². The molecule has 16 aromatic carbocycles. The first-order valence-electron chi connectivity index (χ1n) is 42.0. The molecule has 9 heteroatoms. The second-order valence-electron chi connectivity index (χ2n) is 32.2. The van der Waals surface area contributed by atoms with E-state index in [2.05, 4.69) is 338 Å². The molecule has 7 heterocycles. The van der Waals surface area contributed by atoms with Crippen LogP contribution in [0.5, 0.6) is 0 Å². The summed E-state index contributed by atoms with van der Waals surface area (Å²) in [6.07, 6.45) is 3.61. The molecule has 0 fully saturated rings. The van der Waals surface area contributed by atoms with Gasteiger partial charge in [0, 0.05) is 80.6 Å². The summed E-state index contributed by atoms with van der Waals surface area (Å²) in [5.41, 5.74) is 30.6. The third kappa shape index (κ3) is 11.6. The first-order chi connectivity index (χ1) is 61.3. The molecule has 2 spiro atoms. The van der Waals surface area contributed by atoms with Gasteiger partial charge in [0.2, 0.25) is 0 Å². The lowest BCUT2D eigenvalue weighted by molar-refractivity contribution is 0.592. The summed E-state index contributed by atoms with van der Waals surface area (Å²) in [4.78, 5) is 30.3. The van der Waals surface area contributed by atoms with Crippen molar-refractivity contribution >= 4 is 89.9 Å². The molecule has 0 N–H and O–H groups in total. The Kier molecular flexibility index (Phi) is 17.4. The monoisotopic (exact) mass is 1630 g/mol. The lowest BCUT2D eigenvalue weighted by Gasteiger charge is -2.39. The Morgan fingerprint density at radius 3 is 0.935 bits per heavy atom. The van der Waals surface area contributed by atoms with Crippen LogP contribution < -0.4 is 15.9 Å². The average molecular weight is 1630 g/mol. The molecule has 0 bridgehead atoms. The molecule has 0 atom stereocenters. The van der Waals surface area contributed by atoms with Crippen LogP contribution in [-0.4, -0.2) is 24.9 Å². The second-order valence-corrected chi connectivity index (χ2v) is 37.2. The Morgan fingerprint density at radius 2 is 0.540 bits per heavy atom. The average Bonchev–Trinajstić information content (AvgIpc) is 1.51. The van der Waals surface area contributed by atoms with E-state index < -0.39 is 18.0 Å². The molecule has 5 aromatic heterocycles. The molecule has 0 amide bonds. The van der Waals surface area contributed by atoms with E-state index in [1.165, 1.54) is 97.1 Å². The minimum absolute atomic E-state index is 0.478. The van der Waals surface area contributed by atoms with Gasteiger partial charge in [-0.3, -0.25) is 9.97 Å². The van der Waals surface area contributed by atoms with Crippen LogP contribution >= 0.6 is 30.7 Å². The fourth-order valence-corrected chi connectivity index (χ4v) is 25.1. The number of benzene rings is 16. The van der Waals surface area contributed by atoms with Gasteiger partial charge in [-0.25, -0.2) is 15.0 Å². The lowest BCUT2D eigenvalue weighted by atomic mass is 9.67. The van der Waals surface area contributed by atoms with E-state index in [1.54, 1.807) is 12.4 Å². The zero-order chi connectivity index (χ0) is 82.0. The van der Waals surface area contributed by atoms with Crippen molar-refractivity contribution < 1.29 is 4.57 Å². The largest absolute Gasteiger partial charge is 0.309 e. The number of pyridine rings is 5. The minimum Gasteiger partial charge on any atom is -0.309 e. The third-order valence-corrected chi connectivity index (χ3v) is 31.0. The van der Waals surface area contributed by atoms with E-state index in [1.807, 2.05) is 121 Å². The quantitative estimate of drug-likeness (QED) is 0.0990. The zero-order valence-corrected chi connectivity index (χ0v) is 69.5. The predicted molar refractivity (Wildman–Crippen MR) is 512 cm³/mol. The Morgan fingerprint density at radius 1 is 0.210 bits per heavy atom. The highest BCUT2D eigenvalue weighted by atomic mass is 32.2. The molecule has 4 aliphatic rings. The lowest BCUT2D eigenvalue weighted by Crippen LogP contribution is -2.31. The topological polar surface area (TPSA) is 81.5 Å². The number of fused-ring (bicyclic) bond motifs is 24. The van der Waals surface area contributed by atoms with Crippen molar-refractivity contribution in [3.8, 4) is 101 Å². The molecule has 25 rings (SSSR count). The van der Waals surface area contributed by atoms with Crippen molar-refractivity contribution in [3.05, 3.63) is 482 Å². The molecule has 2 aliphatic carbocycles. The maximum atomic E-state index is 15.2. The Hall–Kier alpha value is -14.8. The number of hydrogen-bond acceptors (Lipinski definition) is 8. The Balaban J connectivity index is 0.000000140. The Labute approximate surface area is 726 Å². The molecule has 2 aliphatic heterocycles. The molecule has 0 saturated heterocycles. The van der Waals surface area contributed by atoms with Crippen molar-refractivity contribution in [2.75, 3.05) is 0 Å². The summed E-state index contributed by atoms with van der Waals surface area (Å²) in [6, 6.07) is 152. The van der Waals surface area contributed by atoms with Crippen molar-refractivity contribution in [1.82, 2.24) is 24.9 Å². The maximum Gasteiger partial charge on any atom is 0.171 e. The minimum atomic E-state index is -3.10. The summed E-state index contributed by atoms with van der Waals surface area (Å²) in [7, 11) is -3.10. The van der Waals surface area contributed by atoms with Gasteiger partial charge in [0.05, 0.1) is 56.0 Å². The SMILES string of the molecule is O=P(c1ccccc1)(c1ccccc1)c1ccc(-c2ccc3nc(-c4ccccc4)c4cc5c(cc4c3c2)C2(c3ccccc3Sc3ccccc32)c2ccccc2-5)cc1.c1ccc(-c2nc3ccc(-c4ccc(-c5cc(-c6ccccn6)nc(-c6ccccn6)c5)cc4)cc3c3cc4c(cc23)-c2ccccc2C42c3ccccc3Sc3ccccc32)cc1. The zero-order valence-electron chi connectivity index (χ0n) is 67.0. The molecule has 0 unspecified atom stereocenters. The second kappa shape index (κ2) is 29.6. The summed E-state index contributed by atoms with van der Waals surface area (Å²) < 4.78 is 15.2. The smallest absolute Gasteiger partial charge is 0.171 e. The van der Waals surface area contributed by atoms with Gasteiger partial charge in [0.1, 0.15) is 0 Å². The van der Waals surface area contributed by atoms with Crippen molar-refractivity contribution in [2.45, 2.75) is 30.4 Å².